The monoisotopic (exact) mass is 316 g/mol. The van der Waals surface area contributed by atoms with Crippen molar-refractivity contribution in [2.45, 2.75) is 0 Å². The second-order valence-corrected chi connectivity index (χ2v) is 4.95. The molecule has 0 atom stereocenters. The van der Waals surface area contributed by atoms with E-state index in [2.05, 4.69) is 15.5 Å². The molecule has 0 fully saturated rings. The van der Waals surface area contributed by atoms with Gasteiger partial charge in [-0.1, -0.05) is 11.6 Å². The number of anilines is 1. The highest BCUT2D eigenvalue weighted by molar-refractivity contribution is 6.34. The van der Waals surface area contributed by atoms with E-state index >= 15 is 0 Å². The number of nitrogens with zero attached hydrogens (tertiary/aromatic N) is 2. The van der Waals surface area contributed by atoms with Gasteiger partial charge in [0, 0.05) is 23.2 Å². The number of fused-ring (bicyclic) bond motifs is 1. The number of carbonyl (C=O) groups is 1. The van der Waals surface area contributed by atoms with Crippen LogP contribution in [0.4, 0.5) is 11.4 Å². The van der Waals surface area contributed by atoms with Gasteiger partial charge in [-0.2, -0.15) is 5.10 Å². The summed E-state index contributed by atoms with van der Waals surface area (Å²) in [6, 6.07) is 8.98. The molecule has 1 amide bonds. The third-order valence-electron chi connectivity index (χ3n) is 3.11. The van der Waals surface area contributed by atoms with Gasteiger partial charge < -0.3 is 5.32 Å². The number of hydrogen-bond acceptors (Lipinski definition) is 4. The number of nitro groups is 1. The zero-order valence-corrected chi connectivity index (χ0v) is 11.8. The Labute approximate surface area is 129 Å². The van der Waals surface area contributed by atoms with Crippen LogP contribution in [0.1, 0.15) is 10.4 Å². The van der Waals surface area contributed by atoms with Gasteiger partial charge in [0.05, 0.1) is 27.2 Å². The van der Waals surface area contributed by atoms with E-state index in [1.807, 2.05) is 0 Å². The molecule has 110 valence electrons. The van der Waals surface area contributed by atoms with Crippen LogP contribution in [0.2, 0.25) is 5.02 Å². The first kappa shape index (κ1) is 14.0. The molecule has 3 rings (SSSR count). The minimum atomic E-state index is -0.569. The maximum atomic E-state index is 12.2. The highest BCUT2D eigenvalue weighted by Crippen LogP contribution is 2.24. The number of halogens is 1. The van der Waals surface area contributed by atoms with E-state index in [0.29, 0.717) is 5.69 Å². The number of hydrogen-bond donors (Lipinski definition) is 2. The molecular weight excluding hydrogens is 308 g/mol. The fraction of sp³-hybridized carbons (Fsp3) is 0. The summed E-state index contributed by atoms with van der Waals surface area (Å²) in [7, 11) is 0. The number of non-ortho nitro benzene ring substituents is 1. The molecule has 0 bridgehead atoms. The molecule has 22 heavy (non-hydrogen) atoms. The summed E-state index contributed by atoms with van der Waals surface area (Å²) < 4.78 is 0. The second-order valence-electron chi connectivity index (χ2n) is 4.55. The largest absolute Gasteiger partial charge is 0.322 e. The van der Waals surface area contributed by atoms with Crippen LogP contribution in [0.15, 0.2) is 42.6 Å². The first-order chi connectivity index (χ1) is 10.5. The Balaban J connectivity index is 1.86. The highest BCUT2D eigenvalue weighted by atomic mass is 35.5. The zero-order chi connectivity index (χ0) is 15.7. The second kappa shape index (κ2) is 5.45. The molecule has 3 aromatic rings. The first-order valence-corrected chi connectivity index (χ1v) is 6.61. The topological polar surface area (TPSA) is 101 Å². The average molecular weight is 317 g/mol. The molecule has 1 heterocycles. The summed E-state index contributed by atoms with van der Waals surface area (Å²) in [6.45, 7) is 0. The number of H-pyrrole nitrogens is 1. The number of nitro benzene ring substituents is 1. The molecule has 1 aromatic heterocycles. The maximum Gasteiger partial charge on any atom is 0.270 e. The number of rotatable bonds is 3. The van der Waals surface area contributed by atoms with Crippen molar-refractivity contribution >= 4 is 39.8 Å². The lowest BCUT2D eigenvalue weighted by Crippen LogP contribution is -2.12. The Hall–Kier alpha value is -2.93. The zero-order valence-electron chi connectivity index (χ0n) is 11.0. The Bertz CT molecular complexity index is 891. The Morgan fingerprint density at radius 1 is 1.27 bits per heavy atom. The first-order valence-electron chi connectivity index (χ1n) is 6.23. The van der Waals surface area contributed by atoms with Crippen LogP contribution >= 0.6 is 11.6 Å². The molecule has 0 saturated heterocycles. The standard InChI is InChI=1S/C14H9ClN4O3/c15-12-6-10(19(21)22)2-3-11(12)14(20)17-9-1-4-13-8(5-9)7-16-18-13/h1-7H,(H,16,18)(H,17,20). The number of nitrogens with one attached hydrogen (secondary N) is 2. The molecule has 0 unspecified atom stereocenters. The van der Waals surface area contributed by atoms with Gasteiger partial charge in [0.2, 0.25) is 0 Å². The molecule has 0 aliphatic heterocycles. The van der Waals surface area contributed by atoms with Crippen molar-refractivity contribution in [2.75, 3.05) is 5.32 Å². The summed E-state index contributed by atoms with van der Waals surface area (Å²) in [6.07, 6.45) is 1.64. The van der Waals surface area contributed by atoms with Crippen molar-refractivity contribution in [1.82, 2.24) is 10.2 Å². The number of benzene rings is 2. The summed E-state index contributed by atoms with van der Waals surface area (Å²) in [5.74, 6) is -0.442. The Kier molecular flexibility index (Phi) is 3.48. The SMILES string of the molecule is O=C(Nc1ccc2[nH]ncc2c1)c1ccc([N+](=O)[O-])cc1Cl. The highest BCUT2D eigenvalue weighted by Gasteiger charge is 2.15. The third-order valence-corrected chi connectivity index (χ3v) is 3.42. The van der Waals surface area contributed by atoms with Crippen molar-refractivity contribution in [3.05, 3.63) is 63.3 Å². The summed E-state index contributed by atoms with van der Waals surface area (Å²) in [5, 5.41) is 20.9. The van der Waals surface area contributed by atoms with E-state index in [1.165, 1.54) is 12.1 Å². The van der Waals surface area contributed by atoms with Gasteiger partial charge in [-0.25, -0.2) is 0 Å². The van der Waals surface area contributed by atoms with Gasteiger partial charge in [-0.05, 0) is 24.3 Å². The average Bonchev–Trinajstić information content (AvgIpc) is 2.94. The molecule has 7 nitrogen and oxygen atoms in total. The van der Waals surface area contributed by atoms with E-state index < -0.39 is 10.8 Å². The number of carbonyl (C=O) groups excluding carboxylic acids is 1. The van der Waals surface area contributed by atoms with Gasteiger partial charge in [0.25, 0.3) is 11.6 Å². The normalized spacial score (nSPS) is 10.6. The smallest absolute Gasteiger partial charge is 0.270 e. The summed E-state index contributed by atoms with van der Waals surface area (Å²) in [5.41, 5.74) is 1.43. The van der Waals surface area contributed by atoms with Crippen molar-refractivity contribution in [3.8, 4) is 0 Å². The quantitative estimate of drug-likeness (QED) is 0.571. The molecule has 0 radical (unpaired) electrons. The van der Waals surface area contributed by atoms with Crippen LogP contribution in [0.5, 0.6) is 0 Å². The molecule has 0 saturated carbocycles. The minimum absolute atomic E-state index is 0.0242. The Morgan fingerprint density at radius 3 is 2.82 bits per heavy atom. The predicted molar refractivity (Wildman–Crippen MR) is 82.2 cm³/mol. The molecule has 8 heteroatoms. The van der Waals surface area contributed by atoms with Gasteiger partial charge in [0.1, 0.15) is 0 Å². The molecule has 2 aromatic carbocycles. The van der Waals surface area contributed by atoms with Crippen LogP contribution in [0.3, 0.4) is 0 Å². The van der Waals surface area contributed by atoms with Crippen molar-refractivity contribution in [3.63, 3.8) is 0 Å². The number of aromatic amines is 1. The van der Waals surface area contributed by atoms with E-state index in [9.17, 15) is 14.9 Å². The lowest BCUT2D eigenvalue weighted by molar-refractivity contribution is -0.384. The van der Waals surface area contributed by atoms with Crippen molar-refractivity contribution in [1.29, 1.82) is 0 Å². The van der Waals surface area contributed by atoms with E-state index in [4.69, 9.17) is 11.6 Å². The van der Waals surface area contributed by atoms with Crippen LogP contribution in [0.25, 0.3) is 10.9 Å². The van der Waals surface area contributed by atoms with E-state index in [-0.39, 0.29) is 16.3 Å². The van der Waals surface area contributed by atoms with Crippen molar-refractivity contribution in [2.24, 2.45) is 0 Å². The molecular formula is C14H9ClN4O3. The fourth-order valence-electron chi connectivity index (χ4n) is 2.02. The van der Waals surface area contributed by atoms with Gasteiger partial charge in [-0.15, -0.1) is 0 Å². The maximum absolute atomic E-state index is 12.2. The van der Waals surface area contributed by atoms with Crippen LogP contribution in [-0.2, 0) is 0 Å². The van der Waals surface area contributed by atoms with Crippen LogP contribution < -0.4 is 5.32 Å². The fourth-order valence-corrected chi connectivity index (χ4v) is 2.28. The molecule has 0 spiro atoms. The number of aromatic nitrogens is 2. The Morgan fingerprint density at radius 2 is 2.09 bits per heavy atom. The predicted octanol–water partition coefficient (Wildman–Crippen LogP) is 3.38. The molecule has 0 aliphatic carbocycles. The third kappa shape index (κ3) is 2.61. The van der Waals surface area contributed by atoms with Crippen LogP contribution in [0, 0.1) is 10.1 Å². The lowest BCUT2D eigenvalue weighted by Gasteiger charge is -2.07. The molecule has 2 N–H and O–H groups in total. The lowest BCUT2D eigenvalue weighted by atomic mass is 10.1. The van der Waals surface area contributed by atoms with Crippen LogP contribution in [-0.4, -0.2) is 21.0 Å². The number of amides is 1. The van der Waals surface area contributed by atoms with E-state index in [1.54, 1.807) is 24.4 Å². The summed E-state index contributed by atoms with van der Waals surface area (Å²) >= 11 is 5.93. The minimum Gasteiger partial charge on any atom is -0.322 e. The van der Waals surface area contributed by atoms with Gasteiger partial charge in [-0.3, -0.25) is 20.0 Å². The van der Waals surface area contributed by atoms with Gasteiger partial charge >= 0.3 is 0 Å². The molecule has 0 aliphatic rings. The summed E-state index contributed by atoms with van der Waals surface area (Å²) in [4.78, 5) is 22.3. The van der Waals surface area contributed by atoms with E-state index in [0.717, 1.165) is 17.0 Å². The van der Waals surface area contributed by atoms with Gasteiger partial charge in [0.15, 0.2) is 0 Å². The van der Waals surface area contributed by atoms with Crippen molar-refractivity contribution < 1.29 is 9.72 Å².